The smallest absolute Gasteiger partial charge is 0.159 e. The summed E-state index contributed by atoms with van der Waals surface area (Å²) in [6.45, 7) is 6.87. The first-order valence-corrected chi connectivity index (χ1v) is 12.1. The first-order valence-electron chi connectivity index (χ1n) is 12.1. The van der Waals surface area contributed by atoms with Gasteiger partial charge in [0.25, 0.3) is 0 Å². The lowest BCUT2D eigenvalue weighted by Gasteiger charge is -2.24. The molecule has 1 aromatic carbocycles. The summed E-state index contributed by atoms with van der Waals surface area (Å²) in [6, 6.07) is 8.90. The highest BCUT2D eigenvalue weighted by Crippen LogP contribution is 2.29. The van der Waals surface area contributed by atoms with Gasteiger partial charge < -0.3 is 0 Å². The number of rotatable bonds is 11. The van der Waals surface area contributed by atoms with Crippen LogP contribution in [0.5, 0.6) is 0 Å². The third-order valence-corrected chi connectivity index (χ3v) is 6.71. The SMILES string of the molecule is CCCCCCCCC1CCc2nc(-c3ccc(CC(C)CC)cc3)ncc2C1. The summed E-state index contributed by atoms with van der Waals surface area (Å²) in [5.74, 6) is 2.47. The number of aryl methyl sites for hydroxylation is 1. The molecule has 2 aromatic rings. The summed E-state index contributed by atoms with van der Waals surface area (Å²) in [7, 11) is 0. The Hall–Kier alpha value is -1.70. The summed E-state index contributed by atoms with van der Waals surface area (Å²) in [6.07, 6.45) is 17.8. The molecular weight excluding hydrogens is 352 g/mol. The van der Waals surface area contributed by atoms with Crippen molar-refractivity contribution in [2.45, 2.75) is 97.8 Å². The Morgan fingerprint density at radius 2 is 1.76 bits per heavy atom. The van der Waals surface area contributed by atoms with Gasteiger partial charge >= 0.3 is 0 Å². The van der Waals surface area contributed by atoms with E-state index in [1.165, 1.54) is 81.0 Å². The molecule has 0 saturated heterocycles. The van der Waals surface area contributed by atoms with Crippen molar-refractivity contribution in [3.05, 3.63) is 47.3 Å². The maximum absolute atomic E-state index is 4.94. The molecule has 2 atom stereocenters. The predicted octanol–water partition coefficient (Wildman–Crippen LogP) is 7.59. The van der Waals surface area contributed by atoms with Crippen LogP contribution in [0.1, 0.15) is 95.4 Å². The van der Waals surface area contributed by atoms with Crippen molar-refractivity contribution < 1.29 is 0 Å². The van der Waals surface area contributed by atoms with Crippen LogP contribution in [0.25, 0.3) is 11.4 Å². The summed E-state index contributed by atoms with van der Waals surface area (Å²) in [4.78, 5) is 9.67. The van der Waals surface area contributed by atoms with E-state index in [0.717, 1.165) is 36.1 Å². The lowest BCUT2D eigenvalue weighted by atomic mass is 9.84. The number of benzene rings is 1. The minimum atomic E-state index is 0.741. The predicted molar refractivity (Wildman–Crippen MR) is 124 cm³/mol. The largest absolute Gasteiger partial charge is 0.236 e. The van der Waals surface area contributed by atoms with Gasteiger partial charge in [0.15, 0.2) is 5.82 Å². The Morgan fingerprint density at radius 1 is 1.00 bits per heavy atom. The molecule has 2 unspecified atom stereocenters. The number of aromatic nitrogens is 2. The summed E-state index contributed by atoms with van der Waals surface area (Å²) in [5, 5.41) is 0. The zero-order valence-corrected chi connectivity index (χ0v) is 18.9. The van der Waals surface area contributed by atoms with E-state index in [2.05, 4.69) is 51.2 Å². The van der Waals surface area contributed by atoms with Crippen molar-refractivity contribution in [1.29, 1.82) is 0 Å². The Morgan fingerprint density at radius 3 is 2.52 bits per heavy atom. The highest BCUT2D eigenvalue weighted by Gasteiger charge is 2.20. The Balaban J connectivity index is 1.53. The molecule has 0 saturated carbocycles. The number of fused-ring (bicyclic) bond motifs is 1. The number of nitrogens with zero attached hydrogens (tertiary/aromatic N) is 2. The normalized spacial score (nSPS) is 17.1. The van der Waals surface area contributed by atoms with E-state index in [4.69, 9.17) is 9.97 Å². The Labute approximate surface area is 178 Å². The van der Waals surface area contributed by atoms with Gasteiger partial charge in [0, 0.05) is 17.5 Å². The van der Waals surface area contributed by atoms with Crippen molar-refractivity contribution in [1.82, 2.24) is 9.97 Å². The van der Waals surface area contributed by atoms with Gasteiger partial charge in [-0.05, 0) is 48.6 Å². The molecule has 2 nitrogen and oxygen atoms in total. The van der Waals surface area contributed by atoms with Crippen LogP contribution in [0.3, 0.4) is 0 Å². The van der Waals surface area contributed by atoms with Gasteiger partial charge in [0.1, 0.15) is 0 Å². The van der Waals surface area contributed by atoms with E-state index in [-0.39, 0.29) is 0 Å². The molecule has 3 rings (SSSR count). The highest BCUT2D eigenvalue weighted by molar-refractivity contribution is 5.55. The molecule has 0 N–H and O–H groups in total. The van der Waals surface area contributed by atoms with Gasteiger partial charge in [0.2, 0.25) is 0 Å². The van der Waals surface area contributed by atoms with Gasteiger partial charge in [-0.25, -0.2) is 9.97 Å². The van der Waals surface area contributed by atoms with Crippen molar-refractivity contribution in [2.75, 3.05) is 0 Å². The van der Waals surface area contributed by atoms with Gasteiger partial charge in [-0.3, -0.25) is 0 Å². The number of unbranched alkanes of at least 4 members (excludes halogenated alkanes) is 5. The third-order valence-electron chi connectivity index (χ3n) is 6.71. The molecule has 29 heavy (non-hydrogen) atoms. The van der Waals surface area contributed by atoms with Gasteiger partial charge in [-0.1, -0.05) is 96.4 Å². The van der Waals surface area contributed by atoms with Crippen LogP contribution in [-0.4, -0.2) is 9.97 Å². The van der Waals surface area contributed by atoms with Crippen LogP contribution in [0.4, 0.5) is 0 Å². The highest BCUT2D eigenvalue weighted by atomic mass is 14.9. The fourth-order valence-corrected chi connectivity index (χ4v) is 4.52. The topological polar surface area (TPSA) is 25.8 Å². The van der Waals surface area contributed by atoms with Crippen molar-refractivity contribution in [2.24, 2.45) is 11.8 Å². The second-order valence-corrected chi connectivity index (χ2v) is 9.25. The van der Waals surface area contributed by atoms with Crippen LogP contribution < -0.4 is 0 Å². The second kappa shape index (κ2) is 11.5. The molecule has 1 heterocycles. The molecule has 0 amide bonds. The fourth-order valence-electron chi connectivity index (χ4n) is 4.52. The molecular formula is C27H40N2. The zero-order chi connectivity index (χ0) is 20.5. The van der Waals surface area contributed by atoms with E-state index in [0.29, 0.717) is 0 Å². The summed E-state index contributed by atoms with van der Waals surface area (Å²) >= 11 is 0. The maximum atomic E-state index is 4.94. The number of hydrogen-bond acceptors (Lipinski definition) is 2. The van der Waals surface area contributed by atoms with Crippen LogP contribution >= 0.6 is 0 Å². The second-order valence-electron chi connectivity index (χ2n) is 9.25. The van der Waals surface area contributed by atoms with Crippen LogP contribution in [0.15, 0.2) is 30.5 Å². The van der Waals surface area contributed by atoms with Gasteiger partial charge in [0.05, 0.1) is 0 Å². The molecule has 0 radical (unpaired) electrons. The first kappa shape index (κ1) is 22.0. The van der Waals surface area contributed by atoms with Gasteiger partial charge in [-0.2, -0.15) is 0 Å². The van der Waals surface area contributed by atoms with E-state index >= 15 is 0 Å². The average molecular weight is 393 g/mol. The minimum Gasteiger partial charge on any atom is -0.236 e. The monoisotopic (exact) mass is 392 g/mol. The summed E-state index contributed by atoms with van der Waals surface area (Å²) < 4.78 is 0. The van der Waals surface area contributed by atoms with E-state index in [1.54, 1.807) is 0 Å². The van der Waals surface area contributed by atoms with Crippen molar-refractivity contribution >= 4 is 0 Å². The summed E-state index contributed by atoms with van der Waals surface area (Å²) in [5.41, 5.74) is 5.25. The molecule has 158 valence electrons. The average Bonchev–Trinajstić information content (AvgIpc) is 2.76. The van der Waals surface area contributed by atoms with Crippen molar-refractivity contribution in [3.63, 3.8) is 0 Å². The quantitative estimate of drug-likeness (QED) is 0.368. The molecule has 1 aliphatic carbocycles. The fraction of sp³-hybridized carbons (Fsp3) is 0.630. The minimum absolute atomic E-state index is 0.741. The molecule has 2 heteroatoms. The molecule has 1 aliphatic rings. The van der Waals surface area contributed by atoms with Crippen LogP contribution in [0.2, 0.25) is 0 Å². The van der Waals surface area contributed by atoms with Crippen molar-refractivity contribution in [3.8, 4) is 11.4 Å². The maximum Gasteiger partial charge on any atom is 0.159 e. The Kier molecular flexibility index (Phi) is 8.70. The molecule has 0 spiro atoms. The first-order chi connectivity index (χ1) is 14.2. The van der Waals surface area contributed by atoms with E-state index in [9.17, 15) is 0 Å². The molecule has 0 fully saturated rings. The number of hydrogen-bond donors (Lipinski definition) is 0. The lowest BCUT2D eigenvalue weighted by molar-refractivity contribution is 0.400. The Bertz CT molecular complexity index is 735. The van der Waals surface area contributed by atoms with E-state index < -0.39 is 0 Å². The standard InChI is InChI=1S/C27H40N2/c1-4-6-7-8-9-10-11-22-14-17-26-25(19-22)20-28-27(29-26)24-15-12-23(13-16-24)18-21(3)5-2/h12-13,15-16,20-22H,4-11,14,17-19H2,1-3H3. The van der Waals surface area contributed by atoms with Gasteiger partial charge in [-0.15, -0.1) is 0 Å². The van der Waals surface area contributed by atoms with E-state index in [1.807, 2.05) is 0 Å². The zero-order valence-electron chi connectivity index (χ0n) is 18.9. The van der Waals surface area contributed by atoms with Crippen LogP contribution in [-0.2, 0) is 19.3 Å². The lowest BCUT2D eigenvalue weighted by Crippen LogP contribution is -2.16. The molecule has 0 bridgehead atoms. The van der Waals surface area contributed by atoms with Crippen LogP contribution in [0, 0.1) is 11.8 Å². The molecule has 0 aliphatic heterocycles. The molecule has 1 aromatic heterocycles. The third kappa shape index (κ3) is 6.66.